The molecule has 0 saturated heterocycles. The molecule has 0 aliphatic rings. The van der Waals surface area contributed by atoms with Crippen LogP contribution in [0.5, 0.6) is 0 Å². The molecule has 1 aromatic rings. The SMILES string of the molecule is CCC(C(=N)C(=O)O)c1ccc(N)cc1. The molecule has 1 rings (SSSR count). The van der Waals surface area contributed by atoms with E-state index in [-0.39, 0.29) is 11.6 Å². The van der Waals surface area contributed by atoms with Gasteiger partial charge < -0.3 is 10.8 Å². The minimum Gasteiger partial charge on any atom is -0.477 e. The molecule has 0 aliphatic heterocycles. The van der Waals surface area contributed by atoms with Crippen molar-refractivity contribution in [1.29, 1.82) is 5.41 Å². The number of nitrogen functional groups attached to an aromatic ring is 1. The molecule has 4 heteroatoms. The summed E-state index contributed by atoms with van der Waals surface area (Å²) in [6.45, 7) is 1.86. The lowest BCUT2D eigenvalue weighted by Crippen LogP contribution is -2.20. The van der Waals surface area contributed by atoms with Gasteiger partial charge in [0.1, 0.15) is 5.71 Å². The normalized spacial score (nSPS) is 12.1. The van der Waals surface area contributed by atoms with Crippen LogP contribution >= 0.6 is 0 Å². The molecule has 0 aromatic heterocycles. The van der Waals surface area contributed by atoms with Crippen LogP contribution in [0.4, 0.5) is 5.69 Å². The van der Waals surface area contributed by atoms with Crippen molar-refractivity contribution in [3.63, 3.8) is 0 Å². The Hall–Kier alpha value is -1.84. The number of hydrogen-bond donors (Lipinski definition) is 3. The summed E-state index contributed by atoms with van der Waals surface area (Å²) in [6.07, 6.45) is 0.592. The molecule has 15 heavy (non-hydrogen) atoms. The zero-order chi connectivity index (χ0) is 11.4. The molecule has 0 saturated carbocycles. The topological polar surface area (TPSA) is 87.2 Å². The molecule has 1 atom stereocenters. The van der Waals surface area contributed by atoms with Gasteiger partial charge in [0.2, 0.25) is 0 Å². The second-order valence-electron chi connectivity index (χ2n) is 3.35. The van der Waals surface area contributed by atoms with Gasteiger partial charge in [-0.05, 0) is 24.1 Å². The van der Waals surface area contributed by atoms with E-state index in [4.69, 9.17) is 16.2 Å². The highest BCUT2D eigenvalue weighted by atomic mass is 16.4. The van der Waals surface area contributed by atoms with Crippen LogP contribution in [-0.2, 0) is 4.79 Å². The maximum absolute atomic E-state index is 10.7. The minimum atomic E-state index is -1.17. The summed E-state index contributed by atoms with van der Waals surface area (Å²) in [7, 11) is 0. The quantitative estimate of drug-likeness (QED) is 0.519. The first-order valence-corrected chi connectivity index (χ1v) is 4.73. The summed E-state index contributed by atoms with van der Waals surface area (Å²) in [5, 5.41) is 16.2. The predicted molar refractivity (Wildman–Crippen MR) is 59.2 cm³/mol. The van der Waals surface area contributed by atoms with Crippen molar-refractivity contribution in [3.05, 3.63) is 29.8 Å². The number of rotatable bonds is 4. The van der Waals surface area contributed by atoms with Crippen LogP contribution in [0.2, 0.25) is 0 Å². The fourth-order valence-corrected chi connectivity index (χ4v) is 1.48. The number of benzene rings is 1. The van der Waals surface area contributed by atoms with E-state index in [1.165, 1.54) is 0 Å². The molecule has 0 fully saturated rings. The fourth-order valence-electron chi connectivity index (χ4n) is 1.48. The summed E-state index contributed by atoms with van der Waals surface area (Å²) >= 11 is 0. The number of carboxylic acid groups (broad SMARTS) is 1. The van der Waals surface area contributed by atoms with Gasteiger partial charge in [0.25, 0.3) is 0 Å². The molecular weight excluding hydrogens is 192 g/mol. The largest absolute Gasteiger partial charge is 0.477 e. The van der Waals surface area contributed by atoms with Gasteiger partial charge in [0.15, 0.2) is 0 Å². The van der Waals surface area contributed by atoms with E-state index in [1.54, 1.807) is 24.3 Å². The first kappa shape index (κ1) is 11.2. The van der Waals surface area contributed by atoms with Crippen molar-refractivity contribution in [2.45, 2.75) is 19.3 Å². The second kappa shape index (κ2) is 4.59. The number of nitrogens with one attached hydrogen (secondary N) is 1. The van der Waals surface area contributed by atoms with Gasteiger partial charge in [0, 0.05) is 11.6 Å². The van der Waals surface area contributed by atoms with Crippen LogP contribution in [0.1, 0.15) is 24.8 Å². The zero-order valence-electron chi connectivity index (χ0n) is 8.53. The third-order valence-electron chi connectivity index (χ3n) is 2.33. The van der Waals surface area contributed by atoms with Crippen molar-refractivity contribution in [2.24, 2.45) is 0 Å². The molecule has 4 nitrogen and oxygen atoms in total. The van der Waals surface area contributed by atoms with Gasteiger partial charge in [-0.15, -0.1) is 0 Å². The van der Waals surface area contributed by atoms with Crippen molar-refractivity contribution >= 4 is 17.4 Å². The van der Waals surface area contributed by atoms with E-state index in [2.05, 4.69) is 0 Å². The summed E-state index contributed by atoms with van der Waals surface area (Å²) < 4.78 is 0. The van der Waals surface area contributed by atoms with E-state index < -0.39 is 5.97 Å². The molecule has 0 amide bonds. The van der Waals surface area contributed by atoms with E-state index in [0.717, 1.165) is 5.56 Å². The summed E-state index contributed by atoms with van der Waals surface area (Å²) in [5.41, 5.74) is 6.71. The van der Waals surface area contributed by atoms with Crippen LogP contribution in [0.15, 0.2) is 24.3 Å². The van der Waals surface area contributed by atoms with Gasteiger partial charge in [-0.1, -0.05) is 19.1 Å². The van der Waals surface area contributed by atoms with Gasteiger partial charge in [-0.3, -0.25) is 5.41 Å². The second-order valence-corrected chi connectivity index (χ2v) is 3.35. The first-order valence-electron chi connectivity index (χ1n) is 4.73. The van der Waals surface area contributed by atoms with Crippen LogP contribution in [-0.4, -0.2) is 16.8 Å². The van der Waals surface area contributed by atoms with Crippen molar-refractivity contribution in [3.8, 4) is 0 Å². The van der Waals surface area contributed by atoms with E-state index in [1.807, 2.05) is 6.92 Å². The summed E-state index contributed by atoms with van der Waals surface area (Å²) in [5.74, 6) is -1.53. The molecule has 4 N–H and O–H groups in total. The highest BCUT2D eigenvalue weighted by Gasteiger charge is 2.20. The first-order chi connectivity index (χ1) is 7.06. The Kier molecular flexibility index (Phi) is 3.44. The molecule has 0 radical (unpaired) electrons. The third-order valence-corrected chi connectivity index (χ3v) is 2.33. The highest BCUT2D eigenvalue weighted by molar-refractivity contribution is 6.36. The number of carboxylic acids is 1. The van der Waals surface area contributed by atoms with Crippen LogP contribution in [0.25, 0.3) is 0 Å². The van der Waals surface area contributed by atoms with Crippen molar-refractivity contribution in [2.75, 3.05) is 5.73 Å². The Labute approximate surface area is 88.2 Å². The molecule has 1 aromatic carbocycles. The van der Waals surface area contributed by atoms with Gasteiger partial charge in [0.05, 0.1) is 0 Å². The van der Waals surface area contributed by atoms with E-state index >= 15 is 0 Å². The lowest BCUT2D eigenvalue weighted by Gasteiger charge is -2.13. The fraction of sp³-hybridized carbons (Fsp3) is 0.273. The van der Waals surface area contributed by atoms with Gasteiger partial charge >= 0.3 is 5.97 Å². The summed E-state index contributed by atoms with van der Waals surface area (Å²) in [6, 6.07) is 6.96. The van der Waals surface area contributed by atoms with Crippen molar-refractivity contribution < 1.29 is 9.90 Å². The van der Waals surface area contributed by atoms with Gasteiger partial charge in [-0.25, -0.2) is 4.79 Å². The van der Waals surface area contributed by atoms with Crippen LogP contribution < -0.4 is 5.73 Å². The number of hydrogen-bond acceptors (Lipinski definition) is 3. The molecule has 1 unspecified atom stereocenters. The smallest absolute Gasteiger partial charge is 0.350 e. The Bertz CT molecular complexity index is 371. The highest BCUT2D eigenvalue weighted by Crippen LogP contribution is 2.21. The molecule has 0 spiro atoms. The molecule has 80 valence electrons. The minimum absolute atomic E-state index is 0.276. The van der Waals surface area contributed by atoms with Gasteiger partial charge in [-0.2, -0.15) is 0 Å². The number of aliphatic carboxylic acids is 1. The van der Waals surface area contributed by atoms with E-state index in [0.29, 0.717) is 12.1 Å². The average molecular weight is 206 g/mol. The predicted octanol–water partition coefficient (Wildman–Crippen LogP) is 1.87. The van der Waals surface area contributed by atoms with Crippen LogP contribution in [0.3, 0.4) is 0 Å². The third kappa shape index (κ3) is 2.56. The number of anilines is 1. The molecule has 0 bridgehead atoms. The zero-order valence-corrected chi connectivity index (χ0v) is 8.53. The maximum atomic E-state index is 10.7. The Morgan fingerprint density at radius 1 is 1.47 bits per heavy atom. The molecule has 0 aliphatic carbocycles. The Balaban J connectivity index is 2.97. The van der Waals surface area contributed by atoms with Crippen molar-refractivity contribution in [1.82, 2.24) is 0 Å². The summed E-state index contributed by atoms with van der Waals surface area (Å²) in [4.78, 5) is 10.7. The molecular formula is C11H14N2O2. The number of nitrogens with two attached hydrogens (primary N) is 1. The standard InChI is InChI=1S/C11H14N2O2/c1-2-9(10(13)11(14)15)7-3-5-8(12)6-4-7/h3-6,9,13H,2,12H2,1H3,(H,14,15). The van der Waals surface area contributed by atoms with E-state index in [9.17, 15) is 4.79 Å². The number of carbonyl (C=O) groups is 1. The molecule has 0 heterocycles. The van der Waals surface area contributed by atoms with Crippen LogP contribution in [0, 0.1) is 5.41 Å². The Morgan fingerprint density at radius 3 is 2.40 bits per heavy atom. The Morgan fingerprint density at radius 2 is 2.00 bits per heavy atom. The lowest BCUT2D eigenvalue weighted by molar-refractivity contribution is -0.129. The lowest BCUT2D eigenvalue weighted by atomic mass is 9.91. The monoisotopic (exact) mass is 206 g/mol. The average Bonchev–Trinajstić information content (AvgIpc) is 2.21. The maximum Gasteiger partial charge on any atom is 0.350 e.